The zero-order chi connectivity index (χ0) is 14.9. The number of rotatable bonds is 4. The van der Waals surface area contributed by atoms with Gasteiger partial charge >= 0.3 is 5.97 Å². The Morgan fingerprint density at radius 1 is 1.50 bits per heavy atom. The number of amides is 1. The molecule has 1 saturated heterocycles. The Labute approximate surface area is 126 Å². The molecule has 0 radical (unpaired) electrons. The Bertz CT molecular complexity index is 541. The number of carbonyl (C=O) groups is 2. The van der Waals surface area contributed by atoms with Gasteiger partial charge in [0.05, 0.1) is 5.41 Å². The van der Waals surface area contributed by atoms with Crippen molar-refractivity contribution >= 4 is 27.8 Å². The smallest absolute Gasteiger partial charge is 0.311 e. The maximum atomic E-state index is 12.5. The maximum absolute atomic E-state index is 12.5. The van der Waals surface area contributed by atoms with Crippen molar-refractivity contribution in [1.29, 1.82) is 0 Å². The van der Waals surface area contributed by atoms with Crippen molar-refractivity contribution in [2.24, 2.45) is 12.5 Å². The largest absolute Gasteiger partial charge is 0.481 e. The van der Waals surface area contributed by atoms with E-state index < -0.39 is 11.4 Å². The van der Waals surface area contributed by atoms with Gasteiger partial charge < -0.3 is 14.6 Å². The average Bonchev–Trinajstić information content (AvgIpc) is 2.94. The highest BCUT2D eigenvalue weighted by molar-refractivity contribution is 9.10. The topological polar surface area (TPSA) is 62.5 Å². The third-order valence-corrected chi connectivity index (χ3v) is 4.45. The van der Waals surface area contributed by atoms with E-state index in [4.69, 9.17) is 0 Å². The molecule has 6 heteroatoms. The lowest BCUT2D eigenvalue weighted by Crippen LogP contribution is -2.37. The first kappa shape index (κ1) is 15.1. The van der Waals surface area contributed by atoms with E-state index in [0.717, 1.165) is 10.9 Å². The van der Waals surface area contributed by atoms with Crippen molar-refractivity contribution in [2.45, 2.75) is 26.2 Å². The highest BCUT2D eigenvalue weighted by atomic mass is 79.9. The summed E-state index contributed by atoms with van der Waals surface area (Å²) in [5, 5.41) is 9.47. The quantitative estimate of drug-likeness (QED) is 0.914. The van der Waals surface area contributed by atoms with E-state index in [1.807, 2.05) is 20.2 Å². The van der Waals surface area contributed by atoms with Crippen LogP contribution in [0, 0.1) is 5.41 Å². The molecule has 1 aliphatic heterocycles. The van der Waals surface area contributed by atoms with E-state index in [1.54, 1.807) is 15.5 Å². The molecule has 20 heavy (non-hydrogen) atoms. The van der Waals surface area contributed by atoms with Crippen molar-refractivity contribution in [3.8, 4) is 0 Å². The minimum absolute atomic E-state index is 0.0996. The van der Waals surface area contributed by atoms with Gasteiger partial charge in [-0.15, -0.1) is 0 Å². The fraction of sp³-hybridized carbons (Fsp3) is 0.571. The normalized spacial score (nSPS) is 22.2. The summed E-state index contributed by atoms with van der Waals surface area (Å²) in [7, 11) is 1.81. The molecular formula is C14H19BrN2O3. The van der Waals surface area contributed by atoms with Crippen LogP contribution in [0.4, 0.5) is 0 Å². The molecule has 1 unspecified atom stereocenters. The van der Waals surface area contributed by atoms with Gasteiger partial charge in [-0.05, 0) is 34.8 Å². The highest BCUT2D eigenvalue weighted by Gasteiger charge is 2.45. The number of aliphatic carboxylic acids is 1. The van der Waals surface area contributed by atoms with Crippen LogP contribution in [-0.4, -0.2) is 39.5 Å². The number of halogens is 1. The highest BCUT2D eigenvalue weighted by Crippen LogP contribution is 2.36. The molecule has 2 heterocycles. The van der Waals surface area contributed by atoms with Crippen LogP contribution in [-0.2, 0) is 11.8 Å². The lowest BCUT2D eigenvalue weighted by molar-refractivity contribution is -0.148. The van der Waals surface area contributed by atoms with Crippen molar-refractivity contribution in [3.05, 3.63) is 22.4 Å². The number of carboxylic acids is 1. The molecule has 1 amide bonds. The Hall–Kier alpha value is -1.30. The number of carboxylic acid groups (broad SMARTS) is 1. The van der Waals surface area contributed by atoms with Gasteiger partial charge in [-0.2, -0.15) is 0 Å². The second kappa shape index (κ2) is 5.60. The van der Waals surface area contributed by atoms with Gasteiger partial charge in [0.25, 0.3) is 5.91 Å². The van der Waals surface area contributed by atoms with Gasteiger partial charge in [-0.25, -0.2) is 0 Å². The number of hydrogen-bond acceptors (Lipinski definition) is 2. The van der Waals surface area contributed by atoms with Gasteiger partial charge in [0.1, 0.15) is 5.69 Å². The van der Waals surface area contributed by atoms with Crippen LogP contribution < -0.4 is 0 Å². The third-order valence-electron chi connectivity index (χ3n) is 4.01. The second-order valence-electron chi connectivity index (χ2n) is 5.47. The van der Waals surface area contributed by atoms with E-state index in [9.17, 15) is 14.7 Å². The summed E-state index contributed by atoms with van der Waals surface area (Å²) in [6.45, 7) is 2.79. The molecule has 1 atom stereocenters. The predicted octanol–water partition coefficient (Wildman–Crippen LogP) is 2.50. The van der Waals surface area contributed by atoms with Crippen molar-refractivity contribution < 1.29 is 14.7 Å². The van der Waals surface area contributed by atoms with Crippen LogP contribution in [0.25, 0.3) is 0 Å². The molecule has 2 rings (SSSR count). The van der Waals surface area contributed by atoms with E-state index >= 15 is 0 Å². The molecule has 1 fully saturated rings. The Kier molecular flexibility index (Phi) is 4.22. The van der Waals surface area contributed by atoms with Gasteiger partial charge in [0.2, 0.25) is 0 Å². The summed E-state index contributed by atoms with van der Waals surface area (Å²) >= 11 is 3.34. The molecule has 0 aromatic carbocycles. The molecule has 5 nitrogen and oxygen atoms in total. The fourth-order valence-corrected chi connectivity index (χ4v) is 3.43. The molecule has 0 spiro atoms. The number of aryl methyl sites for hydroxylation is 1. The van der Waals surface area contributed by atoms with Crippen LogP contribution >= 0.6 is 15.9 Å². The van der Waals surface area contributed by atoms with E-state index in [0.29, 0.717) is 31.6 Å². The molecule has 1 aromatic heterocycles. The summed E-state index contributed by atoms with van der Waals surface area (Å²) in [6, 6.07) is 1.77. The number of carbonyl (C=O) groups excluding carboxylic acids is 1. The SMILES string of the molecule is CCCC1(C(=O)O)CCN(C(=O)c2cc(Br)cn2C)C1. The van der Waals surface area contributed by atoms with Gasteiger partial charge in [-0.3, -0.25) is 9.59 Å². The fourth-order valence-electron chi connectivity index (χ4n) is 2.91. The molecule has 1 N–H and O–H groups in total. The minimum atomic E-state index is -0.789. The Balaban J connectivity index is 2.18. The first-order chi connectivity index (χ1) is 9.39. The van der Waals surface area contributed by atoms with Gasteiger partial charge in [0.15, 0.2) is 0 Å². The first-order valence-electron chi connectivity index (χ1n) is 6.74. The monoisotopic (exact) mass is 342 g/mol. The zero-order valence-corrected chi connectivity index (χ0v) is 13.3. The van der Waals surface area contributed by atoms with Crippen LogP contribution in [0.15, 0.2) is 16.7 Å². The van der Waals surface area contributed by atoms with Crippen molar-refractivity contribution in [2.75, 3.05) is 13.1 Å². The first-order valence-corrected chi connectivity index (χ1v) is 7.53. The number of aromatic nitrogens is 1. The van der Waals surface area contributed by atoms with E-state index in [-0.39, 0.29) is 5.91 Å². The van der Waals surface area contributed by atoms with E-state index in [2.05, 4.69) is 15.9 Å². The lowest BCUT2D eigenvalue weighted by atomic mass is 9.83. The van der Waals surface area contributed by atoms with Crippen LogP contribution in [0.5, 0.6) is 0 Å². The van der Waals surface area contributed by atoms with Crippen LogP contribution in [0.1, 0.15) is 36.7 Å². The molecule has 0 bridgehead atoms. The zero-order valence-electron chi connectivity index (χ0n) is 11.7. The average molecular weight is 343 g/mol. The standard InChI is InChI=1S/C14H19BrN2O3/c1-3-4-14(13(19)20)5-6-17(9-14)12(18)11-7-10(15)8-16(11)2/h7-8H,3-6,9H2,1-2H3,(H,19,20). The van der Waals surface area contributed by atoms with Crippen LogP contribution in [0.2, 0.25) is 0 Å². The molecule has 1 aromatic rings. The molecular weight excluding hydrogens is 324 g/mol. The van der Waals surface area contributed by atoms with Gasteiger partial charge in [-0.1, -0.05) is 13.3 Å². The molecule has 1 aliphatic rings. The van der Waals surface area contributed by atoms with Crippen molar-refractivity contribution in [1.82, 2.24) is 9.47 Å². The summed E-state index contributed by atoms with van der Waals surface area (Å²) in [5.74, 6) is -0.889. The van der Waals surface area contributed by atoms with E-state index in [1.165, 1.54) is 0 Å². The molecule has 0 saturated carbocycles. The number of nitrogens with zero attached hydrogens (tertiary/aromatic N) is 2. The summed E-state index contributed by atoms with van der Waals surface area (Å²) in [4.78, 5) is 25.7. The maximum Gasteiger partial charge on any atom is 0.311 e. The minimum Gasteiger partial charge on any atom is -0.481 e. The van der Waals surface area contributed by atoms with Gasteiger partial charge in [0, 0.05) is 30.8 Å². The molecule has 110 valence electrons. The summed E-state index contributed by atoms with van der Waals surface area (Å²) in [5.41, 5.74) is -0.193. The Morgan fingerprint density at radius 3 is 2.70 bits per heavy atom. The van der Waals surface area contributed by atoms with Crippen LogP contribution in [0.3, 0.4) is 0 Å². The van der Waals surface area contributed by atoms with Crippen molar-refractivity contribution in [3.63, 3.8) is 0 Å². The lowest BCUT2D eigenvalue weighted by Gasteiger charge is -2.24. The number of hydrogen-bond donors (Lipinski definition) is 1. The third kappa shape index (κ3) is 2.61. The summed E-state index contributed by atoms with van der Waals surface area (Å²) in [6.07, 6.45) is 3.78. The molecule has 0 aliphatic carbocycles. The Morgan fingerprint density at radius 2 is 2.20 bits per heavy atom. The number of likely N-dealkylation sites (tertiary alicyclic amines) is 1. The summed E-state index contributed by atoms with van der Waals surface area (Å²) < 4.78 is 2.60. The predicted molar refractivity (Wildman–Crippen MR) is 78.6 cm³/mol. The second-order valence-corrected chi connectivity index (χ2v) is 6.38.